The fraction of sp³-hybridized carbons (Fsp3) is 0.179. The molecule has 4 aromatic carbocycles. The zero-order chi connectivity index (χ0) is 26.4. The minimum atomic E-state index is -3.96. The summed E-state index contributed by atoms with van der Waals surface area (Å²) in [6, 6.07) is 26.1. The summed E-state index contributed by atoms with van der Waals surface area (Å²) >= 11 is 0. The molecule has 4 rings (SSSR count). The number of carbonyl (C=O) groups excluding carboxylic acids is 1. The third-order valence-electron chi connectivity index (χ3n) is 5.78. The Balaban J connectivity index is 1.36. The maximum absolute atomic E-state index is 14.4. The topological polar surface area (TPSA) is 79.0 Å². The third-order valence-corrected chi connectivity index (χ3v) is 7.59. The number of ether oxygens (including phenoxy) is 1. The second-order valence-electron chi connectivity index (χ2n) is 8.56. The lowest BCUT2D eigenvalue weighted by Gasteiger charge is -2.27. The Labute approximate surface area is 216 Å². The van der Waals surface area contributed by atoms with Crippen molar-refractivity contribution in [2.24, 2.45) is 0 Å². The monoisotopic (exact) mass is 521 g/mol. The Morgan fingerprint density at radius 3 is 2.27 bits per heavy atom. The normalized spacial score (nSPS) is 11.5. The quantitative estimate of drug-likeness (QED) is 0.310. The Bertz CT molecular complexity index is 1490. The Hall–Kier alpha value is -3.95. The Kier molecular flexibility index (Phi) is 8.05. The van der Waals surface area contributed by atoms with Gasteiger partial charge in [-0.15, -0.1) is 0 Å². The van der Waals surface area contributed by atoms with E-state index < -0.39 is 16.0 Å². The van der Waals surface area contributed by atoms with Gasteiger partial charge in [0.1, 0.15) is 18.2 Å². The molecule has 0 fully saturated rings. The van der Waals surface area contributed by atoms with E-state index in [0.29, 0.717) is 24.3 Å². The van der Waals surface area contributed by atoms with Gasteiger partial charge >= 0.3 is 10.2 Å². The van der Waals surface area contributed by atoms with Crippen molar-refractivity contribution in [2.75, 3.05) is 31.6 Å². The van der Waals surface area contributed by atoms with Crippen molar-refractivity contribution in [3.8, 4) is 5.75 Å². The number of rotatable bonds is 10. The van der Waals surface area contributed by atoms with E-state index >= 15 is 0 Å². The number of hydrogen-bond acceptors (Lipinski definition) is 4. The molecule has 37 heavy (non-hydrogen) atoms. The zero-order valence-electron chi connectivity index (χ0n) is 20.6. The van der Waals surface area contributed by atoms with Crippen molar-refractivity contribution in [3.05, 3.63) is 108 Å². The second-order valence-corrected chi connectivity index (χ2v) is 10.6. The van der Waals surface area contributed by atoms with Crippen molar-refractivity contribution in [3.63, 3.8) is 0 Å². The van der Waals surface area contributed by atoms with Crippen LogP contribution in [0.25, 0.3) is 10.8 Å². The summed E-state index contributed by atoms with van der Waals surface area (Å²) in [5.41, 5.74) is 0.969. The molecule has 7 nitrogen and oxygen atoms in total. The smallest absolute Gasteiger partial charge is 0.303 e. The summed E-state index contributed by atoms with van der Waals surface area (Å²) in [5.74, 6) is -0.195. The van der Waals surface area contributed by atoms with Gasteiger partial charge in [-0.1, -0.05) is 54.6 Å². The van der Waals surface area contributed by atoms with E-state index in [1.165, 1.54) is 32.3 Å². The van der Waals surface area contributed by atoms with Gasteiger partial charge in [0.2, 0.25) is 0 Å². The van der Waals surface area contributed by atoms with Crippen LogP contribution in [0.1, 0.15) is 15.9 Å². The highest BCUT2D eigenvalue weighted by Crippen LogP contribution is 2.25. The molecular weight excluding hydrogens is 493 g/mol. The fourth-order valence-electron chi connectivity index (χ4n) is 3.76. The van der Waals surface area contributed by atoms with Crippen molar-refractivity contribution in [1.29, 1.82) is 0 Å². The molecular formula is C28H28FN3O4S. The predicted molar refractivity (Wildman–Crippen MR) is 143 cm³/mol. The van der Waals surface area contributed by atoms with Crippen molar-refractivity contribution in [2.45, 2.75) is 6.54 Å². The number of carbonyl (C=O) groups is 1. The molecule has 0 spiro atoms. The predicted octanol–water partition coefficient (Wildman–Crippen LogP) is 4.60. The molecule has 4 aromatic rings. The van der Waals surface area contributed by atoms with Gasteiger partial charge in [0.25, 0.3) is 5.91 Å². The van der Waals surface area contributed by atoms with Crippen LogP contribution in [-0.4, -0.2) is 45.9 Å². The molecule has 0 unspecified atom stereocenters. The highest BCUT2D eigenvalue weighted by atomic mass is 32.2. The van der Waals surface area contributed by atoms with Crippen LogP contribution < -0.4 is 14.4 Å². The summed E-state index contributed by atoms with van der Waals surface area (Å²) in [5, 5.41) is 5.02. The number of nitrogens with zero attached hydrogens (tertiary/aromatic N) is 2. The Morgan fingerprint density at radius 1 is 0.892 bits per heavy atom. The van der Waals surface area contributed by atoms with E-state index in [9.17, 15) is 17.6 Å². The zero-order valence-corrected chi connectivity index (χ0v) is 21.4. The molecule has 192 valence electrons. The van der Waals surface area contributed by atoms with E-state index in [-0.39, 0.29) is 18.1 Å². The number of hydrogen-bond donors (Lipinski definition) is 1. The van der Waals surface area contributed by atoms with E-state index in [2.05, 4.69) is 5.32 Å². The first kappa shape index (κ1) is 26.1. The molecule has 0 aliphatic carbocycles. The van der Waals surface area contributed by atoms with Crippen molar-refractivity contribution < 1.29 is 22.3 Å². The van der Waals surface area contributed by atoms with Gasteiger partial charge in [0.15, 0.2) is 0 Å². The molecule has 9 heteroatoms. The number of benzene rings is 4. The third kappa shape index (κ3) is 6.25. The molecule has 0 aliphatic heterocycles. The summed E-state index contributed by atoms with van der Waals surface area (Å²) < 4.78 is 48.0. The van der Waals surface area contributed by atoms with Crippen molar-refractivity contribution in [1.82, 2.24) is 9.62 Å². The van der Waals surface area contributed by atoms with Crippen LogP contribution in [0, 0.1) is 5.82 Å². The molecule has 0 aromatic heterocycles. The lowest BCUT2D eigenvalue weighted by Crippen LogP contribution is -2.40. The van der Waals surface area contributed by atoms with Crippen LogP contribution in [0.2, 0.25) is 0 Å². The van der Waals surface area contributed by atoms with Gasteiger partial charge in [-0.05, 0) is 52.7 Å². The van der Waals surface area contributed by atoms with E-state index in [1.807, 2.05) is 42.5 Å². The molecule has 0 radical (unpaired) electrons. The van der Waals surface area contributed by atoms with E-state index in [4.69, 9.17) is 4.74 Å². The summed E-state index contributed by atoms with van der Waals surface area (Å²) in [6.45, 7) is 0.528. The van der Waals surface area contributed by atoms with Crippen LogP contribution in [0.5, 0.6) is 5.75 Å². The van der Waals surface area contributed by atoms with Crippen LogP contribution in [-0.2, 0) is 16.8 Å². The van der Waals surface area contributed by atoms with Gasteiger partial charge in [-0.2, -0.15) is 12.7 Å². The highest BCUT2D eigenvalue weighted by Gasteiger charge is 2.27. The van der Waals surface area contributed by atoms with Gasteiger partial charge < -0.3 is 10.1 Å². The largest absolute Gasteiger partial charge is 0.492 e. The first-order valence-electron chi connectivity index (χ1n) is 11.7. The molecule has 1 amide bonds. The molecule has 0 bridgehead atoms. The SMILES string of the molecule is CN(C)S(=O)(=O)N(Cc1ccc(C(=O)NCCOc2ccc3ccccc3c2)cc1)c1ccccc1F. The number of fused-ring (bicyclic) bond motifs is 1. The average Bonchev–Trinajstić information content (AvgIpc) is 2.90. The van der Waals surface area contributed by atoms with Crippen LogP contribution >= 0.6 is 0 Å². The van der Waals surface area contributed by atoms with Crippen LogP contribution in [0.3, 0.4) is 0 Å². The Morgan fingerprint density at radius 2 is 1.57 bits per heavy atom. The minimum Gasteiger partial charge on any atom is -0.492 e. The van der Waals surface area contributed by atoms with E-state index in [1.54, 1.807) is 30.3 Å². The van der Waals surface area contributed by atoms with Crippen LogP contribution in [0.15, 0.2) is 91.0 Å². The molecule has 0 heterocycles. The lowest BCUT2D eigenvalue weighted by molar-refractivity contribution is 0.0947. The van der Waals surface area contributed by atoms with Gasteiger partial charge in [-0.25, -0.2) is 4.39 Å². The number of nitrogens with one attached hydrogen (secondary N) is 1. The molecule has 1 N–H and O–H groups in total. The average molecular weight is 522 g/mol. The van der Waals surface area contributed by atoms with Crippen LogP contribution in [0.4, 0.5) is 10.1 Å². The molecule has 0 saturated heterocycles. The van der Waals surface area contributed by atoms with Crippen molar-refractivity contribution >= 4 is 32.6 Å². The summed E-state index contributed by atoms with van der Waals surface area (Å²) in [6.07, 6.45) is 0. The maximum Gasteiger partial charge on any atom is 0.303 e. The fourth-order valence-corrected chi connectivity index (χ4v) is 4.87. The molecule has 0 aliphatic rings. The first-order valence-corrected chi connectivity index (χ1v) is 13.1. The minimum absolute atomic E-state index is 0.0515. The standard InChI is InChI=1S/C28H28FN3O4S/c1-31(2)37(34,35)32(27-10-6-5-9-26(27)29)20-21-11-13-23(14-12-21)28(33)30-17-18-36-25-16-15-22-7-3-4-8-24(22)19-25/h3-16,19H,17-18,20H2,1-2H3,(H,30,33). The van der Waals surface area contributed by atoms with Gasteiger partial charge in [0.05, 0.1) is 18.8 Å². The number of amides is 1. The number of halogens is 1. The van der Waals surface area contributed by atoms with Gasteiger partial charge in [0, 0.05) is 19.7 Å². The number of para-hydroxylation sites is 1. The highest BCUT2D eigenvalue weighted by molar-refractivity contribution is 7.90. The number of anilines is 1. The second kappa shape index (κ2) is 11.4. The molecule has 0 atom stereocenters. The lowest BCUT2D eigenvalue weighted by atomic mass is 10.1. The maximum atomic E-state index is 14.4. The first-order chi connectivity index (χ1) is 17.8. The summed E-state index contributed by atoms with van der Waals surface area (Å²) in [7, 11) is -1.18. The van der Waals surface area contributed by atoms with E-state index in [0.717, 1.165) is 25.1 Å². The summed E-state index contributed by atoms with van der Waals surface area (Å²) in [4.78, 5) is 12.5. The molecule has 0 saturated carbocycles. The van der Waals surface area contributed by atoms with Gasteiger partial charge in [-0.3, -0.25) is 9.10 Å².